The van der Waals surface area contributed by atoms with Gasteiger partial charge >= 0.3 is 12.1 Å². The van der Waals surface area contributed by atoms with Crippen molar-refractivity contribution in [2.24, 2.45) is 0 Å². The van der Waals surface area contributed by atoms with Gasteiger partial charge in [0.1, 0.15) is 11.2 Å². The number of nitrogens with one attached hydrogen (secondary N) is 1. The summed E-state index contributed by atoms with van der Waals surface area (Å²) in [4.78, 5) is 24.3. The van der Waals surface area contributed by atoms with E-state index < -0.39 is 23.3 Å². The zero-order valence-electron chi connectivity index (χ0n) is 15.7. The van der Waals surface area contributed by atoms with Crippen LogP contribution in [0.5, 0.6) is 0 Å². The molecule has 0 aliphatic rings. The molecule has 0 spiro atoms. The van der Waals surface area contributed by atoms with E-state index in [1.54, 1.807) is 20.8 Å². The summed E-state index contributed by atoms with van der Waals surface area (Å²) in [7, 11) is 0. The van der Waals surface area contributed by atoms with Crippen LogP contribution in [0.2, 0.25) is 0 Å². The highest BCUT2D eigenvalue weighted by molar-refractivity contribution is 5.73. The number of alkyl carbamates (subject to hydrolysis) is 1. The van der Waals surface area contributed by atoms with Crippen LogP contribution in [0.1, 0.15) is 65.1 Å². The van der Waals surface area contributed by atoms with Crippen LogP contribution in [-0.2, 0) is 14.3 Å². The van der Waals surface area contributed by atoms with E-state index >= 15 is 0 Å². The van der Waals surface area contributed by atoms with E-state index in [9.17, 15) is 9.59 Å². The van der Waals surface area contributed by atoms with Gasteiger partial charge in [0.05, 0.1) is 12.5 Å². The molecule has 0 bridgehead atoms. The lowest BCUT2D eigenvalue weighted by Gasteiger charge is -2.25. The Kier molecular flexibility index (Phi) is 6.41. The molecular formula is C19H29NO4. The van der Waals surface area contributed by atoms with E-state index in [-0.39, 0.29) is 12.4 Å². The molecule has 1 rings (SSSR count). The second-order valence-corrected chi connectivity index (χ2v) is 7.90. The number of benzene rings is 1. The fourth-order valence-electron chi connectivity index (χ4n) is 2.05. The van der Waals surface area contributed by atoms with Crippen molar-refractivity contribution in [2.45, 2.75) is 72.1 Å². The first-order valence-electron chi connectivity index (χ1n) is 8.14. The second kappa shape index (κ2) is 7.69. The van der Waals surface area contributed by atoms with Gasteiger partial charge in [0.2, 0.25) is 0 Å². The van der Waals surface area contributed by atoms with Gasteiger partial charge < -0.3 is 14.8 Å². The molecule has 0 unspecified atom stereocenters. The molecule has 0 radical (unpaired) electrons. The van der Waals surface area contributed by atoms with Gasteiger partial charge in [0.15, 0.2) is 0 Å². The Labute approximate surface area is 144 Å². The number of hydrogen-bond donors (Lipinski definition) is 1. The highest BCUT2D eigenvalue weighted by atomic mass is 16.6. The lowest BCUT2D eigenvalue weighted by Crippen LogP contribution is -2.36. The molecule has 0 fully saturated rings. The van der Waals surface area contributed by atoms with Gasteiger partial charge in [-0.05, 0) is 54.0 Å². The molecule has 24 heavy (non-hydrogen) atoms. The van der Waals surface area contributed by atoms with E-state index in [0.717, 1.165) is 11.1 Å². The first kappa shape index (κ1) is 20.0. The molecule has 5 nitrogen and oxygen atoms in total. The third kappa shape index (κ3) is 7.99. The molecule has 1 aromatic rings. The smallest absolute Gasteiger partial charge is 0.408 e. The largest absolute Gasteiger partial charge is 0.460 e. The average molecular weight is 335 g/mol. The summed E-state index contributed by atoms with van der Waals surface area (Å²) < 4.78 is 10.7. The Morgan fingerprint density at radius 3 is 1.92 bits per heavy atom. The number of carbonyl (C=O) groups is 2. The van der Waals surface area contributed by atoms with Crippen LogP contribution in [0, 0.1) is 6.92 Å². The first-order chi connectivity index (χ1) is 10.9. The third-order valence-electron chi connectivity index (χ3n) is 2.96. The van der Waals surface area contributed by atoms with Gasteiger partial charge in [-0.3, -0.25) is 4.79 Å². The zero-order chi connectivity index (χ0) is 18.5. The van der Waals surface area contributed by atoms with Gasteiger partial charge in [-0.15, -0.1) is 0 Å². The minimum atomic E-state index is -0.603. The number of carbonyl (C=O) groups excluding carboxylic acids is 2. The fraction of sp³-hybridized carbons (Fsp3) is 0.579. The lowest BCUT2D eigenvalue weighted by molar-refractivity contribution is -0.155. The van der Waals surface area contributed by atoms with E-state index in [4.69, 9.17) is 9.47 Å². The van der Waals surface area contributed by atoms with Crippen LogP contribution in [0.3, 0.4) is 0 Å². The lowest BCUT2D eigenvalue weighted by atomic mass is 10.0. The van der Waals surface area contributed by atoms with Crippen molar-refractivity contribution in [3.63, 3.8) is 0 Å². The van der Waals surface area contributed by atoms with Crippen molar-refractivity contribution in [2.75, 3.05) is 0 Å². The normalized spacial score (nSPS) is 13.1. The van der Waals surface area contributed by atoms with Gasteiger partial charge in [-0.25, -0.2) is 4.79 Å². The van der Waals surface area contributed by atoms with Crippen molar-refractivity contribution < 1.29 is 19.1 Å². The zero-order valence-corrected chi connectivity index (χ0v) is 15.7. The number of aryl methyl sites for hydroxylation is 1. The molecule has 1 amide bonds. The van der Waals surface area contributed by atoms with Gasteiger partial charge in [-0.2, -0.15) is 0 Å². The van der Waals surface area contributed by atoms with Crippen LogP contribution in [0.25, 0.3) is 0 Å². The topological polar surface area (TPSA) is 64.6 Å². The standard InChI is InChI=1S/C19H29NO4/c1-13-8-10-14(11-9-13)15(12-16(21)23-18(2,3)4)20-17(22)24-19(5,6)7/h8-11,15H,12H2,1-7H3,(H,20,22)/t15-/m0/s1. The molecule has 0 aliphatic carbocycles. The predicted octanol–water partition coefficient (Wildman–Crippen LogP) is 4.29. The van der Waals surface area contributed by atoms with Crippen LogP contribution in [0.15, 0.2) is 24.3 Å². The Morgan fingerprint density at radius 1 is 0.958 bits per heavy atom. The molecule has 1 N–H and O–H groups in total. The molecule has 0 saturated carbocycles. The number of ether oxygens (including phenoxy) is 2. The van der Waals surface area contributed by atoms with Crippen molar-refractivity contribution in [1.29, 1.82) is 0 Å². The van der Waals surface area contributed by atoms with E-state index in [2.05, 4.69) is 5.32 Å². The van der Waals surface area contributed by atoms with Crippen molar-refractivity contribution in [1.82, 2.24) is 5.32 Å². The predicted molar refractivity (Wildman–Crippen MR) is 93.8 cm³/mol. The minimum Gasteiger partial charge on any atom is -0.460 e. The first-order valence-corrected chi connectivity index (χ1v) is 8.14. The highest BCUT2D eigenvalue weighted by Crippen LogP contribution is 2.21. The Balaban J connectivity index is 2.89. The SMILES string of the molecule is Cc1ccc([C@H](CC(=O)OC(C)(C)C)NC(=O)OC(C)(C)C)cc1. The summed E-state index contributed by atoms with van der Waals surface area (Å²) in [5.74, 6) is -0.371. The molecule has 0 heterocycles. The van der Waals surface area contributed by atoms with Gasteiger partial charge in [0, 0.05) is 0 Å². The van der Waals surface area contributed by atoms with Crippen LogP contribution in [-0.4, -0.2) is 23.3 Å². The monoisotopic (exact) mass is 335 g/mol. The van der Waals surface area contributed by atoms with Crippen LogP contribution < -0.4 is 5.32 Å². The maximum Gasteiger partial charge on any atom is 0.408 e. The number of rotatable bonds is 4. The minimum absolute atomic E-state index is 0.0412. The Hall–Kier alpha value is -2.04. The summed E-state index contributed by atoms with van der Waals surface area (Å²) in [6.07, 6.45) is -0.517. The molecule has 0 aliphatic heterocycles. The van der Waals surface area contributed by atoms with Crippen molar-refractivity contribution in [3.05, 3.63) is 35.4 Å². The van der Waals surface area contributed by atoms with Crippen LogP contribution in [0.4, 0.5) is 4.79 Å². The summed E-state index contributed by atoms with van der Waals surface area (Å²) >= 11 is 0. The van der Waals surface area contributed by atoms with Gasteiger partial charge in [0.25, 0.3) is 0 Å². The quantitative estimate of drug-likeness (QED) is 0.834. The van der Waals surface area contributed by atoms with Crippen molar-refractivity contribution >= 4 is 12.1 Å². The van der Waals surface area contributed by atoms with Crippen molar-refractivity contribution in [3.8, 4) is 0 Å². The summed E-state index contributed by atoms with van der Waals surface area (Å²) in [5, 5.41) is 2.76. The Bertz CT molecular complexity index is 535. The van der Waals surface area contributed by atoms with E-state index in [1.807, 2.05) is 52.0 Å². The maximum absolute atomic E-state index is 12.2. The molecular weight excluding hydrogens is 306 g/mol. The molecule has 1 atom stereocenters. The summed E-state index contributed by atoms with van der Waals surface area (Å²) in [6.45, 7) is 12.8. The molecule has 5 heteroatoms. The Morgan fingerprint density at radius 2 is 1.46 bits per heavy atom. The fourth-order valence-corrected chi connectivity index (χ4v) is 2.05. The molecule has 0 aromatic heterocycles. The third-order valence-corrected chi connectivity index (χ3v) is 2.96. The van der Waals surface area contributed by atoms with Gasteiger partial charge in [-0.1, -0.05) is 29.8 Å². The molecule has 1 aromatic carbocycles. The number of amides is 1. The van der Waals surface area contributed by atoms with Crippen LogP contribution >= 0.6 is 0 Å². The average Bonchev–Trinajstić information content (AvgIpc) is 2.34. The highest BCUT2D eigenvalue weighted by Gasteiger charge is 2.25. The number of esters is 1. The van der Waals surface area contributed by atoms with E-state index in [0.29, 0.717) is 0 Å². The maximum atomic E-state index is 12.2. The second-order valence-electron chi connectivity index (χ2n) is 7.90. The van der Waals surface area contributed by atoms with E-state index in [1.165, 1.54) is 0 Å². The molecule has 0 saturated heterocycles. The summed E-state index contributed by atoms with van der Waals surface area (Å²) in [5.41, 5.74) is 0.763. The summed E-state index contributed by atoms with van der Waals surface area (Å²) in [6, 6.07) is 7.15. The number of hydrogen-bond acceptors (Lipinski definition) is 4. The molecule has 134 valence electrons.